The summed E-state index contributed by atoms with van der Waals surface area (Å²) in [5, 5.41) is 1.18. The van der Waals surface area contributed by atoms with Gasteiger partial charge in [-0.2, -0.15) is 0 Å². The summed E-state index contributed by atoms with van der Waals surface area (Å²) in [7, 11) is 0. The van der Waals surface area contributed by atoms with E-state index < -0.39 is 0 Å². The molecule has 0 aromatic heterocycles. The molecular formula is C27H34Cl2O4. The van der Waals surface area contributed by atoms with Crippen LogP contribution in [0.2, 0.25) is 10.0 Å². The summed E-state index contributed by atoms with van der Waals surface area (Å²) >= 11 is 13.0. The van der Waals surface area contributed by atoms with E-state index >= 15 is 0 Å². The molecular weight excluding hydrogens is 459 g/mol. The first-order valence-corrected chi connectivity index (χ1v) is 12.4. The summed E-state index contributed by atoms with van der Waals surface area (Å²) in [5.41, 5.74) is 2.08. The summed E-state index contributed by atoms with van der Waals surface area (Å²) in [6.07, 6.45) is 7.08. The number of benzene rings is 2. The Labute approximate surface area is 207 Å². The van der Waals surface area contributed by atoms with Crippen molar-refractivity contribution in [2.24, 2.45) is 5.41 Å². The molecule has 0 atom stereocenters. The van der Waals surface area contributed by atoms with Crippen molar-refractivity contribution in [2.45, 2.75) is 39.0 Å². The molecule has 0 amide bonds. The number of unbranched alkanes of at least 4 members (excludes halogenated alkanes) is 3. The smallest absolute Gasteiger partial charge is 0.137 e. The Morgan fingerprint density at radius 3 is 2.03 bits per heavy atom. The molecule has 1 heterocycles. The Hall–Kier alpha value is -1.72. The van der Waals surface area contributed by atoms with Crippen molar-refractivity contribution in [2.75, 3.05) is 39.6 Å². The highest BCUT2D eigenvalue weighted by Crippen LogP contribution is 2.36. The largest absolute Gasteiger partial charge is 0.492 e. The third kappa shape index (κ3) is 7.65. The summed E-state index contributed by atoms with van der Waals surface area (Å²) in [5.74, 6) is 1.40. The second kappa shape index (κ2) is 13.2. The van der Waals surface area contributed by atoms with Gasteiger partial charge in [-0.25, -0.2) is 0 Å². The van der Waals surface area contributed by atoms with Gasteiger partial charge in [0.05, 0.1) is 48.5 Å². The highest BCUT2D eigenvalue weighted by Gasteiger charge is 2.37. The van der Waals surface area contributed by atoms with Crippen LogP contribution in [0.5, 0.6) is 11.5 Å². The summed E-state index contributed by atoms with van der Waals surface area (Å²) in [6.45, 7) is 9.96. The van der Waals surface area contributed by atoms with E-state index in [-0.39, 0.29) is 5.41 Å². The molecule has 4 nitrogen and oxygen atoms in total. The molecule has 2 aromatic carbocycles. The zero-order valence-electron chi connectivity index (χ0n) is 19.4. The van der Waals surface area contributed by atoms with Gasteiger partial charge in [0.25, 0.3) is 0 Å². The van der Waals surface area contributed by atoms with Gasteiger partial charge in [-0.15, -0.1) is 6.58 Å². The van der Waals surface area contributed by atoms with E-state index in [9.17, 15) is 0 Å². The topological polar surface area (TPSA) is 36.9 Å². The van der Waals surface area contributed by atoms with Gasteiger partial charge in [0, 0.05) is 6.61 Å². The minimum absolute atomic E-state index is 0.116. The van der Waals surface area contributed by atoms with Crippen LogP contribution in [0.15, 0.2) is 49.1 Å². The zero-order valence-corrected chi connectivity index (χ0v) is 20.9. The van der Waals surface area contributed by atoms with E-state index in [1.165, 1.54) is 0 Å². The molecule has 0 bridgehead atoms. The normalized spacial score (nSPS) is 14.5. The Kier molecular flexibility index (Phi) is 10.4. The van der Waals surface area contributed by atoms with Gasteiger partial charge in [-0.3, -0.25) is 0 Å². The Morgan fingerprint density at radius 1 is 0.909 bits per heavy atom. The highest BCUT2D eigenvalue weighted by atomic mass is 35.5. The second-order valence-electron chi connectivity index (χ2n) is 8.55. The maximum absolute atomic E-state index is 6.50. The molecule has 33 heavy (non-hydrogen) atoms. The summed E-state index contributed by atoms with van der Waals surface area (Å²) in [6, 6.07) is 11.7. The van der Waals surface area contributed by atoms with Crippen LogP contribution >= 0.6 is 23.2 Å². The van der Waals surface area contributed by atoms with Gasteiger partial charge in [-0.05, 0) is 61.1 Å². The molecule has 180 valence electrons. The Bertz CT molecular complexity index is 890. The maximum atomic E-state index is 6.50. The first-order valence-electron chi connectivity index (χ1n) is 11.7. The SMILES string of the molecule is C=CCOCCCCCCOc1ccc(-c2ccc(OCC3(CC)COC3)c(Cl)c2)cc1Cl. The van der Waals surface area contributed by atoms with Crippen molar-refractivity contribution in [3.05, 3.63) is 59.1 Å². The zero-order chi connectivity index (χ0) is 23.5. The molecule has 2 aromatic rings. The molecule has 0 spiro atoms. The summed E-state index contributed by atoms with van der Waals surface area (Å²) < 4.78 is 22.6. The van der Waals surface area contributed by atoms with Crippen LogP contribution in [0.25, 0.3) is 11.1 Å². The molecule has 0 saturated carbocycles. The van der Waals surface area contributed by atoms with Crippen molar-refractivity contribution in [3.63, 3.8) is 0 Å². The average molecular weight is 493 g/mol. The van der Waals surface area contributed by atoms with Crippen LogP contribution in [0, 0.1) is 5.41 Å². The number of hydrogen-bond donors (Lipinski definition) is 0. The van der Waals surface area contributed by atoms with Crippen molar-refractivity contribution < 1.29 is 18.9 Å². The third-order valence-corrected chi connectivity index (χ3v) is 6.56. The van der Waals surface area contributed by atoms with Crippen LogP contribution < -0.4 is 9.47 Å². The maximum Gasteiger partial charge on any atom is 0.137 e. The van der Waals surface area contributed by atoms with E-state index in [0.29, 0.717) is 41.4 Å². The van der Waals surface area contributed by atoms with E-state index in [4.69, 9.17) is 42.1 Å². The van der Waals surface area contributed by atoms with Crippen LogP contribution in [-0.4, -0.2) is 39.6 Å². The van der Waals surface area contributed by atoms with E-state index in [0.717, 1.165) is 63.1 Å². The van der Waals surface area contributed by atoms with Gasteiger partial charge in [0.2, 0.25) is 0 Å². The van der Waals surface area contributed by atoms with Crippen molar-refractivity contribution in [1.82, 2.24) is 0 Å². The van der Waals surface area contributed by atoms with Crippen molar-refractivity contribution in [1.29, 1.82) is 0 Å². The standard InChI is InChI=1S/C27H34Cl2O4/c1-3-13-30-14-7-5-6-8-15-32-25-11-9-21(16-23(25)28)22-10-12-26(24(29)17-22)33-20-27(4-2)18-31-19-27/h3,9-12,16-17H,1,4-8,13-15,18-20H2,2H3. The quantitative estimate of drug-likeness (QED) is 0.189. The monoisotopic (exact) mass is 492 g/mol. The second-order valence-corrected chi connectivity index (χ2v) is 9.37. The molecule has 0 unspecified atom stereocenters. The fourth-order valence-electron chi connectivity index (χ4n) is 3.61. The minimum Gasteiger partial charge on any atom is -0.492 e. The van der Waals surface area contributed by atoms with Crippen LogP contribution in [-0.2, 0) is 9.47 Å². The van der Waals surface area contributed by atoms with Gasteiger partial charge < -0.3 is 18.9 Å². The molecule has 1 fully saturated rings. The molecule has 0 N–H and O–H groups in total. The number of rotatable bonds is 15. The molecule has 6 heteroatoms. The fraction of sp³-hybridized carbons (Fsp3) is 0.481. The summed E-state index contributed by atoms with van der Waals surface area (Å²) in [4.78, 5) is 0. The minimum atomic E-state index is 0.116. The van der Waals surface area contributed by atoms with Crippen LogP contribution in [0.4, 0.5) is 0 Å². The van der Waals surface area contributed by atoms with Gasteiger partial charge in [0.15, 0.2) is 0 Å². The highest BCUT2D eigenvalue weighted by molar-refractivity contribution is 6.33. The number of halogens is 2. The molecule has 0 radical (unpaired) electrons. The Morgan fingerprint density at radius 2 is 1.52 bits per heavy atom. The lowest BCUT2D eigenvalue weighted by Gasteiger charge is -2.40. The van der Waals surface area contributed by atoms with Crippen molar-refractivity contribution >= 4 is 23.2 Å². The molecule has 1 saturated heterocycles. The fourth-order valence-corrected chi connectivity index (χ4v) is 4.08. The molecule has 3 rings (SSSR count). The van der Waals surface area contributed by atoms with Crippen LogP contribution in [0.1, 0.15) is 39.0 Å². The predicted molar refractivity (Wildman–Crippen MR) is 136 cm³/mol. The first-order chi connectivity index (χ1) is 16.1. The van der Waals surface area contributed by atoms with Gasteiger partial charge in [0.1, 0.15) is 11.5 Å². The van der Waals surface area contributed by atoms with E-state index in [1.54, 1.807) is 6.08 Å². The number of ether oxygens (including phenoxy) is 4. The van der Waals surface area contributed by atoms with E-state index in [1.807, 2.05) is 36.4 Å². The molecule has 1 aliphatic heterocycles. The lowest BCUT2D eigenvalue weighted by molar-refractivity contribution is -0.133. The predicted octanol–water partition coefficient (Wildman–Crippen LogP) is 7.61. The lowest BCUT2D eigenvalue weighted by Crippen LogP contribution is -2.46. The number of hydrogen-bond acceptors (Lipinski definition) is 4. The first kappa shape index (κ1) is 25.9. The Balaban J connectivity index is 1.46. The third-order valence-electron chi connectivity index (χ3n) is 5.97. The van der Waals surface area contributed by atoms with Crippen LogP contribution in [0.3, 0.4) is 0 Å². The van der Waals surface area contributed by atoms with Gasteiger partial charge >= 0.3 is 0 Å². The van der Waals surface area contributed by atoms with E-state index in [2.05, 4.69) is 13.5 Å². The average Bonchev–Trinajstić information content (AvgIpc) is 2.79. The van der Waals surface area contributed by atoms with Gasteiger partial charge in [-0.1, -0.05) is 54.8 Å². The molecule has 1 aliphatic rings. The lowest BCUT2D eigenvalue weighted by atomic mass is 9.84. The van der Waals surface area contributed by atoms with Crippen molar-refractivity contribution in [3.8, 4) is 22.6 Å². The molecule has 0 aliphatic carbocycles.